The molecule has 0 aliphatic heterocycles. The first-order valence-electron chi connectivity index (χ1n) is 5.33. The van der Waals surface area contributed by atoms with Gasteiger partial charge in [0.1, 0.15) is 0 Å². The van der Waals surface area contributed by atoms with Crippen LogP contribution in [0.2, 0.25) is 0 Å². The topological polar surface area (TPSA) is 74.6 Å². The fraction of sp³-hybridized carbons (Fsp3) is 0.818. The van der Waals surface area contributed by atoms with E-state index in [9.17, 15) is 9.59 Å². The molecule has 0 heterocycles. The Morgan fingerprint density at radius 1 is 1.07 bits per heavy atom. The number of aliphatic carboxylic acids is 2. The van der Waals surface area contributed by atoms with Crippen molar-refractivity contribution in [3.63, 3.8) is 0 Å². The first kappa shape index (κ1) is 13.9. The Morgan fingerprint density at radius 2 is 1.53 bits per heavy atom. The van der Waals surface area contributed by atoms with Crippen molar-refractivity contribution in [1.82, 2.24) is 0 Å². The van der Waals surface area contributed by atoms with E-state index in [1.165, 1.54) is 0 Å². The zero-order valence-electron chi connectivity index (χ0n) is 9.45. The number of rotatable bonds is 8. The average molecular weight is 216 g/mol. The van der Waals surface area contributed by atoms with E-state index in [0.717, 1.165) is 19.3 Å². The molecule has 0 spiro atoms. The van der Waals surface area contributed by atoms with Gasteiger partial charge in [0, 0.05) is 0 Å². The zero-order chi connectivity index (χ0) is 11.9. The summed E-state index contributed by atoms with van der Waals surface area (Å²) in [5, 5.41) is 17.5. The summed E-state index contributed by atoms with van der Waals surface area (Å²) < 4.78 is 0. The minimum absolute atomic E-state index is 0.0665. The van der Waals surface area contributed by atoms with E-state index in [-0.39, 0.29) is 12.8 Å². The van der Waals surface area contributed by atoms with Gasteiger partial charge in [-0.25, -0.2) is 0 Å². The van der Waals surface area contributed by atoms with Gasteiger partial charge in [-0.05, 0) is 11.8 Å². The molecule has 4 nitrogen and oxygen atoms in total. The summed E-state index contributed by atoms with van der Waals surface area (Å²) in [5.41, 5.74) is -0.604. The summed E-state index contributed by atoms with van der Waals surface area (Å²) in [5.74, 6) is -1.84. The van der Waals surface area contributed by atoms with Crippen LogP contribution in [-0.2, 0) is 9.59 Å². The van der Waals surface area contributed by atoms with Crippen LogP contribution in [0.5, 0.6) is 0 Å². The molecule has 0 rings (SSSR count). The van der Waals surface area contributed by atoms with Crippen LogP contribution in [0.15, 0.2) is 0 Å². The summed E-state index contributed by atoms with van der Waals surface area (Å²) >= 11 is 0. The van der Waals surface area contributed by atoms with Crippen LogP contribution in [0.25, 0.3) is 0 Å². The molecule has 0 atom stereocenters. The van der Waals surface area contributed by atoms with Crippen LogP contribution in [-0.4, -0.2) is 22.2 Å². The van der Waals surface area contributed by atoms with E-state index in [1.807, 2.05) is 0 Å². The van der Waals surface area contributed by atoms with Crippen molar-refractivity contribution in [2.45, 2.75) is 52.4 Å². The van der Waals surface area contributed by atoms with Crippen LogP contribution in [0.4, 0.5) is 0 Å². The maximum Gasteiger partial charge on any atom is 0.303 e. The van der Waals surface area contributed by atoms with Crippen LogP contribution in [0.1, 0.15) is 52.4 Å². The number of hydrogen-bond donors (Lipinski definition) is 2. The zero-order valence-corrected chi connectivity index (χ0v) is 9.45. The molecule has 0 fully saturated rings. The number of carboxylic acids is 2. The second-order valence-electron chi connectivity index (χ2n) is 4.41. The van der Waals surface area contributed by atoms with Crippen LogP contribution >= 0.6 is 0 Å². The summed E-state index contributed by atoms with van der Waals surface area (Å²) in [4.78, 5) is 21.3. The van der Waals surface area contributed by atoms with Gasteiger partial charge in [-0.15, -0.1) is 0 Å². The molecular weight excluding hydrogens is 196 g/mol. The summed E-state index contributed by atoms with van der Waals surface area (Å²) in [6.45, 7) is 3.80. The highest BCUT2D eigenvalue weighted by Crippen LogP contribution is 2.32. The molecule has 0 bridgehead atoms. The van der Waals surface area contributed by atoms with Crippen molar-refractivity contribution in [2.24, 2.45) is 5.41 Å². The number of carboxylic acid groups (broad SMARTS) is 2. The van der Waals surface area contributed by atoms with Gasteiger partial charge in [-0.1, -0.05) is 33.1 Å². The highest BCUT2D eigenvalue weighted by Gasteiger charge is 2.29. The first-order valence-corrected chi connectivity index (χ1v) is 5.33. The minimum Gasteiger partial charge on any atom is -0.481 e. The third kappa shape index (κ3) is 6.94. The molecule has 0 aromatic heterocycles. The van der Waals surface area contributed by atoms with Crippen molar-refractivity contribution in [2.75, 3.05) is 0 Å². The van der Waals surface area contributed by atoms with Gasteiger partial charge in [-0.2, -0.15) is 0 Å². The third-order valence-electron chi connectivity index (χ3n) is 2.54. The van der Waals surface area contributed by atoms with Crippen LogP contribution in [0, 0.1) is 5.41 Å². The van der Waals surface area contributed by atoms with E-state index < -0.39 is 17.4 Å². The fourth-order valence-corrected chi connectivity index (χ4v) is 1.77. The van der Waals surface area contributed by atoms with Crippen LogP contribution in [0.3, 0.4) is 0 Å². The van der Waals surface area contributed by atoms with Crippen molar-refractivity contribution >= 4 is 11.9 Å². The SMILES string of the molecule is CCCCCC(C)(CC(=O)O)CC(=O)O. The maximum atomic E-state index is 10.6. The Labute approximate surface area is 90.3 Å². The average Bonchev–Trinajstić information content (AvgIpc) is 2.00. The van der Waals surface area contributed by atoms with Gasteiger partial charge in [0.2, 0.25) is 0 Å². The predicted molar refractivity (Wildman–Crippen MR) is 56.8 cm³/mol. The normalized spacial score (nSPS) is 11.3. The molecule has 0 aliphatic rings. The van der Waals surface area contributed by atoms with Crippen molar-refractivity contribution < 1.29 is 19.8 Å². The van der Waals surface area contributed by atoms with Crippen molar-refractivity contribution in [3.8, 4) is 0 Å². The molecule has 2 N–H and O–H groups in total. The van der Waals surface area contributed by atoms with Gasteiger partial charge >= 0.3 is 11.9 Å². The van der Waals surface area contributed by atoms with Crippen molar-refractivity contribution in [1.29, 1.82) is 0 Å². The van der Waals surface area contributed by atoms with Gasteiger partial charge in [0.25, 0.3) is 0 Å². The van der Waals surface area contributed by atoms with E-state index in [4.69, 9.17) is 10.2 Å². The van der Waals surface area contributed by atoms with E-state index in [0.29, 0.717) is 6.42 Å². The lowest BCUT2D eigenvalue weighted by Crippen LogP contribution is -2.24. The van der Waals surface area contributed by atoms with Gasteiger partial charge in [0.15, 0.2) is 0 Å². The lowest BCUT2D eigenvalue weighted by molar-refractivity contribution is -0.143. The highest BCUT2D eigenvalue weighted by atomic mass is 16.4. The Balaban J connectivity index is 4.26. The Morgan fingerprint density at radius 3 is 1.87 bits per heavy atom. The van der Waals surface area contributed by atoms with Gasteiger partial charge in [0.05, 0.1) is 12.8 Å². The highest BCUT2D eigenvalue weighted by molar-refractivity contribution is 5.71. The third-order valence-corrected chi connectivity index (χ3v) is 2.54. The largest absolute Gasteiger partial charge is 0.481 e. The lowest BCUT2D eigenvalue weighted by Gasteiger charge is -2.25. The van der Waals surface area contributed by atoms with Crippen LogP contribution < -0.4 is 0 Å². The second kappa shape index (κ2) is 6.43. The fourth-order valence-electron chi connectivity index (χ4n) is 1.77. The quantitative estimate of drug-likeness (QED) is 0.611. The van der Waals surface area contributed by atoms with E-state index >= 15 is 0 Å². The summed E-state index contributed by atoms with van der Waals surface area (Å²) in [6, 6.07) is 0. The van der Waals surface area contributed by atoms with E-state index in [2.05, 4.69) is 6.92 Å². The number of unbranched alkanes of at least 4 members (excludes halogenated alkanes) is 2. The number of hydrogen-bond acceptors (Lipinski definition) is 2. The molecule has 0 aromatic carbocycles. The molecule has 88 valence electrons. The Bertz CT molecular complexity index is 207. The van der Waals surface area contributed by atoms with Gasteiger partial charge < -0.3 is 10.2 Å². The Kier molecular flexibility index (Phi) is 5.97. The molecule has 0 saturated carbocycles. The monoisotopic (exact) mass is 216 g/mol. The molecule has 0 aromatic rings. The predicted octanol–water partition coefficient (Wildman–Crippen LogP) is 2.52. The molecule has 0 aliphatic carbocycles. The summed E-state index contributed by atoms with van der Waals surface area (Å²) in [7, 11) is 0. The molecule has 4 heteroatoms. The molecule has 0 saturated heterocycles. The molecule has 0 amide bonds. The van der Waals surface area contributed by atoms with E-state index in [1.54, 1.807) is 6.92 Å². The number of carbonyl (C=O) groups is 2. The standard InChI is InChI=1S/C11H20O4/c1-3-4-5-6-11(2,7-9(12)13)8-10(14)15/h3-8H2,1-2H3,(H,12,13)(H,14,15). The van der Waals surface area contributed by atoms with Crippen molar-refractivity contribution in [3.05, 3.63) is 0 Å². The molecular formula is C11H20O4. The maximum absolute atomic E-state index is 10.6. The lowest BCUT2D eigenvalue weighted by atomic mass is 9.78. The summed E-state index contributed by atoms with van der Waals surface area (Å²) in [6.07, 6.45) is 3.50. The molecule has 0 unspecified atom stereocenters. The minimum atomic E-state index is -0.921. The molecule has 0 radical (unpaired) electrons. The first-order chi connectivity index (χ1) is 6.89. The molecule has 15 heavy (non-hydrogen) atoms. The smallest absolute Gasteiger partial charge is 0.303 e. The second-order valence-corrected chi connectivity index (χ2v) is 4.41. The van der Waals surface area contributed by atoms with Gasteiger partial charge in [-0.3, -0.25) is 9.59 Å². The Hall–Kier alpha value is -1.06.